The summed E-state index contributed by atoms with van der Waals surface area (Å²) in [5, 5.41) is 14.0. The number of hydrogen-bond acceptors (Lipinski definition) is 5. The van der Waals surface area contributed by atoms with E-state index in [0.29, 0.717) is 6.54 Å². The zero-order chi connectivity index (χ0) is 15.4. The monoisotopic (exact) mass is 306 g/mol. The van der Waals surface area contributed by atoms with Crippen molar-refractivity contribution in [3.05, 3.63) is 56.5 Å². The molecule has 0 aliphatic carbocycles. The molecule has 1 aromatic carbocycles. The summed E-state index contributed by atoms with van der Waals surface area (Å²) >= 11 is 5.76. The Morgan fingerprint density at radius 2 is 1.86 bits per heavy atom. The molecule has 0 saturated heterocycles. The van der Waals surface area contributed by atoms with Crippen molar-refractivity contribution >= 4 is 23.1 Å². The molecule has 0 bridgehead atoms. The SMILES string of the molecule is CCc1ccc(CNc2nc(Cl)nc(C)c2[N+](=O)[O-])cc1. The molecule has 1 aromatic heterocycles. The highest BCUT2D eigenvalue weighted by Gasteiger charge is 2.21. The molecule has 1 N–H and O–H groups in total. The lowest BCUT2D eigenvalue weighted by Crippen LogP contribution is -2.07. The first-order chi connectivity index (χ1) is 10.0. The van der Waals surface area contributed by atoms with Crippen LogP contribution < -0.4 is 5.32 Å². The van der Waals surface area contributed by atoms with Gasteiger partial charge in [-0.05, 0) is 36.1 Å². The van der Waals surface area contributed by atoms with E-state index in [1.54, 1.807) is 0 Å². The van der Waals surface area contributed by atoms with E-state index >= 15 is 0 Å². The molecular formula is C14H15ClN4O2. The van der Waals surface area contributed by atoms with Crippen LogP contribution in [0.2, 0.25) is 5.28 Å². The van der Waals surface area contributed by atoms with E-state index in [0.717, 1.165) is 12.0 Å². The van der Waals surface area contributed by atoms with Crippen molar-refractivity contribution in [3.8, 4) is 0 Å². The number of halogens is 1. The van der Waals surface area contributed by atoms with Crippen LogP contribution in [0.25, 0.3) is 0 Å². The van der Waals surface area contributed by atoms with Crippen molar-refractivity contribution in [1.82, 2.24) is 9.97 Å². The van der Waals surface area contributed by atoms with Gasteiger partial charge in [0.25, 0.3) is 0 Å². The first kappa shape index (κ1) is 15.2. The van der Waals surface area contributed by atoms with Gasteiger partial charge in [-0.3, -0.25) is 10.1 Å². The molecule has 0 unspecified atom stereocenters. The van der Waals surface area contributed by atoms with Crippen LogP contribution in [-0.4, -0.2) is 14.9 Å². The van der Waals surface area contributed by atoms with Gasteiger partial charge in [0.1, 0.15) is 5.69 Å². The van der Waals surface area contributed by atoms with Crippen LogP contribution in [0.1, 0.15) is 23.7 Å². The van der Waals surface area contributed by atoms with Crippen LogP contribution in [0.15, 0.2) is 24.3 Å². The Balaban J connectivity index is 2.20. The molecule has 7 heteroatoms. The second-order valence-electron chi connectivity index (χ2n) is 4.56. The van der Waals surface area contributed by atoms with E-state index in [-0.39, 0.29) is 22.5 Å². The average Bonchev–Trinajstić information content (AvgIpc) is 2.44. The van der Waals surface area contributed by atoms with E-state index in [1.165, 1.54) is 12.5 Å². The van der Waals surface area contributed by atoms with E-state index in [4.69, 9.17) is 11.6 Å². The number of rotatable bonds is 5. The van der Waals surface area contributed by atoms with Crippen LogP contribution in [0, 0.1) is 17.0 Å². The zero-order valence-corrected chi connectivity index (χ0v) is 12.5. The fourth-order valence-corrected chi connectivity index (χ4v) is 2.16. The third-order valence-electron chi connectivity index (χ3n) is 3.10. The van der Waals surface area contributed by atoms with Crippen LogP contribution in [0.4, 0.5) is 11.5 Å². The van der Waals surface area contributed by atoms with Gasteiger partial charge in [-0.2, -0.15) is 4.98 Å². The third-order valence-corrected chi connectivity index (χ3v) is 3.27. The summed E-state index contributed by atoms with van der Waals surface area (Å²) in [5.74, 6) is 0.136. The normalized spacial score (nSPS) is 10.4. The summed E-state index contributed by atoms with van der Waals surface area (Å²) in [4.78, 5) is 18.3. The van der Waals surface area contributed by atoms with Crippen LogP contribution in [0.3, 0.4) is 0 Å². The lowest BCUT2D eigenvalue weighted by molar-refractivity contribution is -0.385. The first-order valence-corrected chi connectivity index (χ1v) is 6.89. The standard InChI is InChI=1S/C14H15ClN4O2/c1-3-10-4-6-11(7-5-10)8-16-13-12(19(20)21)9(2)17-14(15)18-13/h4-7H,3,8H2,1-2H3,(H,16,17,18). The quantitative estimate of drug-likeness (QED) is 0.519. The lowest BCUT2D eigenvalue weighted by Gasteiger charge is -2.08. The summed E-state index contributed by atoms with van der Waals surface area (Å²) in [6, 6.07) is 8.02. The predicted molar refractivity (Wildman–Crippen MR) is 81.6 cm³/mol. The summed E-state index contributed by atoms with van der Waals surface area (Å²) in [6.45, 7) is 4.05. The maximum Gasteiger partial charge on any atom is 0.332 e. The fraction of sp³-hybridized carbons (Fsp3) is 0.286. The molecule has 6 nitrogen and oxygen atoms in total. The molecule has 0 aliphatic rings. The number of anilines is 1. The molecule has 2 aromatic rings. The van der Waals surface area contributed by atoms with Crippen molar-refractivity contribution in [3.63, 3.8) is 0 Å². The third kappa shape index (κ3) is 3.66. The Morgan fingerprint density at radius 1 is 1.24 bits per heavy atom. The molecule has 2 rings (SSSR count). The predicted octanol–water partition coefficient (Wildman–Crippen LogP) is 3.52. The lowest BCUT2D eigenvalue weighted by atomic mass is 10.1. The van der Waals surface area contributed by atoms with E-state index in [2.05, 4.69) is 22.2 Å². The van der Waals surface area contributed by atoms with E-state index in [1.807, 2.05) is 24.3 Å². The van der Waals surface area contributed by atoms with E-state index < -0.39 is 4.92 Å². The van der Waals surface area contributed by atoms with Crippen molar-refractivity contribution < 1.29 is 4.92 Å². The minimum atomic E-state index is -0.506. The van der Waals surface area contributed by atoms with Gasteiger partial charge in [0, 0.05) is 6.54 Å². The summed E-state index contributed by atoms with van der Waals surface area (Å²) in [6.07, 6.45) is 0.972. The Labute approximate surface area is 127 Å². The maximum atomic E-state index is 11.1. The molecule has 0 saturated carbocycles. The average molecular weight is 307 g/mol. The fourth-order valence-electron chi connectivity index (χ4n) is 1.95. The van der Waals surface area contributed by atoms with Crippen LogP contribution in [0.5, 0.6) is 0 Å². The molecule has 110 valence electrons. The van der Waals surface area contributed by atoms with Gasteiger partial charge < -0.3 is 5.32 Å². The van der Waals surface area contributed by atoms with Crippen LogP contribution in [-0.2, 0) is 13.0 Å². The number of nitrogens with one attached hydrogen (secondary N) is 1. The van der Waals surface area contributed by atoms with Gasteiger partial charge in [-0.1, -0.05) is 31.2 Å². The highest BCUT2D eigenvalue weighted by atomic mass is 35.5. The minimum absolute atomic E-state index is 0.0121. The number of benzene rings is 1. The maximum absolute atomic E-state index is 11.1. The van der Waals surface area contributed by atoms with Gasteiger partial charge in [0.2, 0.25) is 11.1 Å². The second-order valence-corrected chi connectivity index (χ2v) is 4.89. The van der Waals surface area contributed by atoms with Crippen molar-refractivity contribution in [1.29, 1.82) is 0 Å². The number of aryl methyl sites for hydroxylation is 2. The topological polar surface area (TPSA) is 81.0 Å². The minimum Gasteiger partial charge on any atom is -0.360 e. The second kappa shape index (κ2) is 6.49. The van der Waals surface area contributed by atoms with Gasteiger partial charge in [0.05, 0.1) is 4.92 Å². The molecule has 1 heterocycles. The largest absolute Gasteiger partial charge is 0.360 e. The number of nitro groups is 1. The smallest absolute Gasteiger partial charge is 0.332 e. The van der Waals surface area contributed by atoms with Gasteiger partial charge >= 0.3 is 5.69 Å². The summed E-state index contributed by atoms with van der Waals surface area (Å²) in [7, 11) is 0. The van der Waals surface area contributed by atoms with Gasteiger partial charge in [-0.25, -0.2) is 4.98 Å². The Kier molecular flexibility index (Phi) is 4.70. The molecule has 0 spiro atoms. The Hall–Kier alpha value is -2.21. The van der Waals surface area contributed by atoms with E-state index in [9.17, 15) is 10.1 Å². The Bertz CT molecular complexity index is 659. The number of nitrogens with zero attached hydrogens (tertiary/aromatic N) is 3. The van der Waals surface area contributed by atoms with Crippen LogP contribution >= 0.6 is 11.6 Å². The molecule has 0 radical (unpaired) electrons. The number of aromatic nitrogens is 2. The summed E-state index contributed by atoms with van der Waals surface area (Å²) in [5.41, 5.74) is 2.34. The van der Waals surface area contributed by atoms with Gasteiger partial charge in [0.15, 0.2) is 0 Å². The molecule has 0 amide bonds. The van der Waals surface area contributed by atoms with Crippen molar-refractivity contribution in [2.24, 2.45) is 0 Å². The molecular weight excluding hydrogens is 292 g/mol. The van der Waals surface area contributed by atoms with Crippen molar-refractivity contribution in [2.45, 2.75) is 26.8 Å². The number of hydrogen-bond donors (Lipinski definition) is 1. The highest BCUT2D eigenvalue weighted by molar-refractivity contribution is 6.28. The summed E-state index contributed by atoms with van der Waals surface area (Å²) < 4.78 is 0. The highest BCUT2D eigenvalue weighted by Crippen LogP contribution is 2.26. The molecule has 0 aliphatic heterocycles. The first-order valence-electron chi connectivity index (χ1n) is 6.51. The molecule has 0 fully saturated rings. The van der Waals surface area contributed by atoms with Crippen molar-refractivity contribution in [2.75, 3.05) is 5.32 Å². The Morgan fingerprint density at radius 3 is 2.43 bits per heavy atom. The van der Waals surface area contributed by atoms with Gasteiger partial charge in [-0.15, -0.1) is 0 Å². The zero-order valence-electron chi connectivity index (χ0n) is 11.8. The molecule has 0 atom stereocenters. The molecule has 21 heavy (non-hydrogen) atoms.